The quantitative estimate of drug-likeness (QED) is 0.164. The topological polar surface area (TPSA) is 30.7 Å². The highest BCUT2D eigenvalue weighted by Crippen LogP contribution is 2.43. The highest BCUT2D eigenvalue weighted by atomic mass is 15.1. The van der Waals surface area contributed by atoms with E-state index >= 15 is 0 Å². The van der Waals surface area contributed by atoms with E-state index in [4.69, 9.17) is 9.97 Å². The van der Waals surface area contributed by atoms with Crippen LogP contribution in [0.4, 0.5) is 0 Å². The van der Waals surface area contributed by atoms with Gasteiger partial charge in [0.2, 0.25) is 0 Å². The van der Waals surface area contributed by atoms with Gasteiger partial charge in [0.05, 0.1) is 16.7 Å². The van der Waals surface area contributed by atoms with E-state index < -0.39 is 0 Å². The van der Waals surface area contributed by atoms with E-state index in [1.54, 1.807) is 0 Å². The lowest BCUT2D eigenvalue weighted by Gasteiger charge is -2.26. The largest absolute Gasteiger partial charge is 0.294 e. The molecule has 2 aromatic heterocycles. The molecule has 0 N–H and O–H groups in total. The summed E-state index contributed by atoms with van der Waals surface area (Å²) in [6, 6.07) is 71.5. The Hall–Kier alpha value is -7.10. The zero-order valence-electron chi connectivity index (χ0n) is 31.4. The Morgan fingerprint density at radius 3 is 1.77 bits per heavy atom. The molecule has 3 nitrogen and oxygen atoms in total. The molecule has 0 aliphatic rings. The van der Waals surface area contributed by atoms with Crippen molar-refractivity contribution >= 4 is 32.6 Å². The average Bonchev–Trinajstić information content (AvgIpc) is 3.62. The lowest BCUT2D eigenvalue weighted by Crippen LogP contribution is -2.18. The van der Waals surface area contributed by atoms with Crippen LogP contribution in [-0.4, -0.2) is 14.5 Å². The molecular weight excluding hydrogens is 679 g/mol. The van der Waals surface area contributed by atoms with Crippen molar-refractivity contribution in [2.45, 2.75) is 19.3 Å². The Morgan fingerprint density at radius 1 is 0.411 bits per heavy atom. The summed E-state index contributed by atoms with van der Waals surface area (Å²) in [6.07, 6.45) is 0. The number of hydrogen-bond acceptors (Lipinski definition) is 2. The van der Waals surface area contributed by atoms with E-state index in [1.165, 1.54) is 54.9 Å². The van der Waals surface area contributed by atoms with Gasteiger partial charge in [-0.1, -0.05) is 196 Å². The summed E-state index contributed by atoms with van der Waals surface area (Å²) < 4.78 is 2.34. The normalized spacial score (nSPS) is 11.8. The van der Waals surface area contributed by atoms with Crippen LogP contribution in [0.5, 0.6) is 0 Å². The van der Waals surface area contributed by atoms with Gasteiger partial charge >= 0.3 is 0 Å². The molecule has 0 aliphatic heterocycles. The number of fused-ring (bicyclic) bond motifs is 5. The van der Waals surface area contributed by atoms with Crippen molar-refractivity contribution in [3.8, 4) is 50.7 Å². The number of nitrogens with zero attached hydrogens (tertiary/aromatic N) is 3. The van der Waals surface area contributed by atoms with Gasteiger partial charge in [-0.2, -0.15) is 0 Å². The van der Waals surface area contributed by atoms with Gasteiger partial charge in [-0.15, -0.1) is 0 Å². The van der Waals surface area contributed by atoms with Crippen LogP contribution < -0.4 is 0 Å². The maximum absolute atomic E-state index is 5.35. The van der Waals surface area contributed by atoms with Gasteiger partial charge in [-0.3, -0.25) is 4.57 Å². The van der Waals surface area contributed by atoms with Gasteiger partial charge in [-0.05, 0) is 56.3 Å². The van der Waals surface area contributed by atoms with Crippen LogP contribution in [-0.2, 0) is 5.41 Å². The number of rotatable bonds is 7. The van der Waals surface area contributed by atoms with Crippen LogP contribution in [0.15, 0.2) is 200 Å². The molecule has 0 aliphatic carbocycles. The molecule has 56 heavy (non-hydrogen) atoms. The van der Waals surface area contributed by atoms with Crippen LogP contribution in [0.25, 0.3) is 83.3 Å². The standard InChI is InChI=1S/C53H39N3/c1-53(2,42-22-10-5-11-23-42)43-24-14-21-41(34-43)45-26-15-27-47-51(45)50-44-25-13-12-18-38(44)32-33-48(50)56(47)49-35-46(54-52(55-49)40-19-8-4-9-20-40)39-30-28-37(29-31-39)36-16-6-3-7-17-36/h3-35H,1-2H3. The van der Waals surface area contributed by atoms with Gasteiger partial charge < -0.3 is 0 Å². The molecule has 0 unspecified atom stereocenters. The minimum absolute atomic E-state index is 0.170. The number of hydrogen-bond donors (Lipinski definition) is 0. The third kappa shape index (κ3) is 5.77. The van der Waals surface area contributed by atoms with E-state index in [0.29, 0.717) is 5.82 Å². The smallest absolute Gasteiger partial charge is 0.162 e. The van der Waals surface area contributed by atoms with Crippen LogP contribution in [0.3, 0.4) is 0 Å². The first-order valence-corrected chi connectivity index (χ1v) is 19.2. The first-order valence-electron chi connectivity index (χ1n) is 19.2. The highest BCUT2D eigenvalue weighted by Gasteiger charge is 2.25. The molecule has 0 amide bonds. The van der Waals surface area contributed by atoms with Gasteiger partial charge in [0.25, 0.3) is 0 Å². The van der Waals surface area contributed by atoms with Crippen molar-refractivity contribution < 1.29 is 0 Å². The van der Waals surface area contributed by atoms with Crippen LogP contribution >= 0.6 is 0 Å². The predicted octanol–water partition coefficient (Wildman–Crippen LogP) is 13.7. The average molecular weight is 718 g/mol. The molecule has 10 aromatic rings. The summed E-state index contributed by atoms with van der Waals surface area (Å²) >= 11 is 0. The summed E-state index contributed by atoms with van der Waals surface area (Å²) in [5, 5.41) is 4.85. The Bertz CT molecular complexity index is 3020. The molecule has 266 valence electrons. The second kappa shape index (κ2) is 13.6. The SMILES string of the molecule is CC(C)(c1ccccc1)c1cccc(-c2cccc3c2c2c4ccccc4ccc2n3-c2cc(-c3ccc(-c4ccccc4)cc3)nc(-c3ccccc3)n2)c1. The van der Waals surface area contributed by atoms with E-state index in [1.807, 2.05) is 18.2 Å². The van der Waals surface area contributed by atoms with Gasteiger partial charge in [0.1, 0.15) is 5.82 Å². The summed E-state index contributed by atoms with van der Waals surface area (Å²) in [5.74, 6) is 1.51. The molecule has 10 rings (SSSR count). The fraction of sp³-hybridized carbons (Fsp3) is 0.0566. The molecule has 0 radical (unpaired) electrons. The molecule has 8 aromatic carbocycles. The summed E-state index contributed by atoms with van der Waals surface area (Å²) in [6.45, 7) is 4.63. The molecule has 3 heteroatoms. The van der Waals surface area contributed by atoms with E-state index in [9.17, 15) is 0 Å². The van der Waals surface area contributed by atoms with Crippen LogP contribution in [0, 0.1) is 0 Å². The van der Waals surface area contributed by atoms with Crippen LogP contribution in [0.2, 0.25) is 0 Å². The zero-order chi connectivity index (χ0) is 37.6. The Kier molecular flexibility index (Phi) is 8.15. The minimum Gasteiger partial charge on any atom is -0.294 e. The lowest BCUT2D eigenvalue weighted by molar-refractivity contribution is 0.641. The van der Waals surface area contributed by atoms with Crippen molar-refractivity contribution in [3.63, 3.8) is 0 Å². The first kappa shape index (κ1) is 33.5. The molecule has 0 saturated carbocycles. The maximum Gasteiger partial charge on any atom is 0.162 e. The fourth-order valence-electron chi connectivity index (χ4n) is 8.29. The van der Waals surface area contributed by atoms with Crippen molar-refractivity contribution in [3.05, 3.63) is 211 Å². The molecule has 0 saturated heterocycles. The molecular formula is C53H39N3. The minimum atomic E-state index is -0.170. The van der Waals surface area contributed by atoms with Crippen molar-refractivity contribution in [2.24, 2.45) is 0 Å². The molecule has 0 atom stereocenters. The second-order valence-corrected chi connectivity index (χ2v) is 15.0. The van der Waals surface area contributed by atoms with E-state index in [2.05, 4.69) is 200 Å². The molecule has 0 fully saturated rings. The van der Waals surface area contributed by atoms with Crippen molar-refractivity contribution in [1.29, 1.82) is 0 Å². The first-order chi connectivity index (χ1) is 27.5. The lowest BCUT2D eigenvalue weighted by atomic mass is 9.77. The monoisotopic (exact) mass is 717 g/mol. The third-order valence-electron chi connectivity index (χ3n) is 11.3. The summed E-state index contributed by atoms with van der Waals surface area (Å²) in [5.41, 5.74) is 12.2. The Morgan fingerprint density at radius 2 is 1.00 bits per heavy atom. The van der Waals surface area contributed by atoms with Gasteiger partial charge in [0, 0.05) is 33.4 Å². The van der Waals surface area contributed by atoms with Gasteiger partial charge in [0.15, 0.2) is 5.82 Å². The number of benzene rings is 8. The highest BCUT2D eigenvalue weighted by molar-refractivity contribution is 6.25. The van der Waals surface area contributed by atoms with E-state index in [0.717, 1.165) is 33.7 Å². The summed E-state index contributed by atoms with van der Waals surface area (Å²) in [4.78, 5) is 10.5. The molecule has 2 heterocycles. The van der Waals surface area contributed by atoms with Crippen molar-refractivity contribution in [2.75, 3.05) is 0 Å². The Labute approximate surface area is 327 Å². The predicted molar refractivity (Wildman–Crippen MR) is 234 cm³/mol. The zero-order valence-corrected chi connectivity index (χ0v) is 31.4. The second-order valence-electron chi connectivity index (χ2n) is 15.0. The molecule has 0 spiro atoms. The molecule has 0 bridgehead atoms. The van der Waals surface area contributed by atoms with E-state index in [-0.39, 0.29) is 5.41 Å². The fourth-order valence-corrected chi connectivity index (χ4v) is 8.29. The number of aromatic nitrogens is 3. The van der Waals surface area contributed by atoms with Gasteiger partial charge in [-0.25, -0.2) is 9.97 Å². The summed E-state index contributed by atoms with van der Waals surface area (Å²) in [7, 11) is 0. The maximum atomic E-state index is 5.35. The third-order valence-corrected chi connectivity index (χ3v) is 11.3. The Balaban J connectivity index is 1.22. The van der Waals surface area contributed by atoms with Crippen molar-refractivity contribution in [1.82, 2.24) is 14.5 Å². The van der Waals surface area contributed by atoms with Crippen LogP contribution in [0.1, 0.15) is 25.0 Å².